The first-order chi connectivity index (χ1) is 10.8. The number of cyclic esters (lactones) is 1. The Morgan fingerprint density at radius 3 is 2.86 bits per heavy atom. The number of likely N-dealkylation sites (tertiary alicyclic amines) is 1. The summed E-state index contributed by atoms with van der Waals surface area (Å²) in [6, 6.07) is -0.0330. The van der Waals surface area contributed by atoms with Gasteiger partial charge in [-0.25, -0.2) is 0 Å². The van der Waals surface area contributed by atoms with E-state index in [4.69, 9.17) is 4.74 Å². The molecule has 6 heteroatoms. The number of aryl methyl sites for hydroxylation is 1. The van der Waals surface area contributed by atoms with Crippen LogP contribution in [0, 0.1) is 0 Å². The monoisotopic (exact) mass is 304 g/mol. The van der Waals surface area contributed by atoms with Crippen LogP contribution in [0.2, 0.25) is 0 Å². The summed E-state index contributed by atoms with van der Waals surface area (Å²) in [4.78, 5) is 14.2. The summed E-state index contributed by atoms with van der Waals surface area (Å²) < 4.78 is 7.49. The number of nitrogens with zero attached hydrogens (tertiary/aromatic N) is 4. The van der Waals surface area contributed by atoms with Crippen molar-refractivity contribution in [1.82, 2.24) is 19.7 Å². The van der Waals surface area contributed by atoms with Crippen molar-refractivity contribution in [2.24, 2.45) is 0 Å². The molecule has 2 saturated heterocycles. The van der Waals surface area contributed by atoms with Gasteiger partial charge in [-0.2, -0.15) is 0 Å². The number of esters is 1. The van der Waals surface area contributed by atoms with Crippen molar-refractivity contribution >= 4 is 5.97 Å². The summed E-state index contributed by atoms with van der Waals surface area (Å²) in [5.41, 5.74) is 0. The molecule has 0 bridgehead atoms. The Morgan fingerprint density at radius 2 is 2.00 bits per heavy atom. The third-order valence-corrected chi connectivity index (χ3v) is 5.30. The molecule has 0 aliphatic carbocycles. The Labute approximate surface area is 130 Å². The predicted molar refractivity (Wildman–Crippen MR) is 80.5 cm³/mol. The Hall–Kier alpha value is -1.43. The fourth-order valence-corrected chi connectivity index (χ4v) is 4.13. The number of hydrogen-bond acceptors (Lipinski definition) is 5. The number of hydrogen-bond donors (Lipinski definition) is 0. The number of ether oxygens (including phenoxy) is 1. The van der Waals surface area contributed by atoms with Crippen molar-refractivity contribution in [2.45, 2.75) is 63.5 Å². The van der Waals surface area contributed by atoms with E-state index in [0.29, 0.717) is 12.5 Å². The van der Waals surface area contributed by atoms with Gasteiger partial charge in [-0.3, -0.25) is 9.69 Å². The number of carbonyl (C=O) groups is 1. The van der Waals surface area contributed by atoms with Crippen LogP contribution in [0.25, 0.3) is 0 Å². The fraction of sp³-hybridized carbons (Fsp3) is 0.812. The molecule has 2 fully saturated rings. The normalized spacial score (nSPS) is 29.9. The van der Waals surface area contributed by atoms with E-state index >= 15 is 0 Å². The molecule has 0 aromatic carbocycles. The van der Waals surface area contributed by atoms with Crippen molar-refractivity contribution in [3.05, 3.63) is 11.6 Å². The third kappa shape index (κ3) is 2.53. The molecule has 0 amide bonds. The number of carbonyl (C=O) groups excluding carboxylic acids is 1. The maximum atomic E-state index is 11.8. The van der Waals surface area contributed by atoms with Crippen molar-refractivity contribution in [3.63, 3.8) is 0 Å². The Morgan fingerprint density at radius 1 is 1.05 bits per heavy atom. The third-order valence-electron chi connectivity index (χ3n) is 5.30. The highest BCUT2D eigenvalue weighted by molar-refractivity contribution is 5.77. The Bertz CT molecular complexity index is 556. The molecule has 22 heavy (non-hydrogen) atoms. The molecule has 0 unspecified atom stereocenters. The van der Waals surface area contributed by atoms with Crippen LogP contribution in [0.1, 0.15) is 56.1 Å². The fourth-order valence-electron chi connectivity index (χ4n) is 4.13. The van der Waals surface area contributed by atoms with Gasteiger partial charge in [0.25, 0.3) is 0 Å². The quantitative estimate of drug-likeness (QED) is 0.775. The second-order valence-electron chi connectivity index (χ2n) is 6.74. The summed E-state index contributed by atoms with van der Waals surface area (Å²) in [5, 5.41) is 8.95. The van der Waals surface area contributed by atoms with Crippen molar-refractivity contribution < 1.29 is 9.53 Å². The van der Waals surface area contributed by atoms with E-state index in [2.05, 4.69) is 19.7 Å². The van der Waals surface area contributed by atoms with Gasteiger partial charge in [0.15, 0.2) is 0 Å². The van der Waals surface area contributed by atoms with Gasteiger partial charge in [0.1, 0.15) is 17.7 Å². The minimum Gasteiger partial charge on any atom is -0.464 e. The molecule has 3 aliphatic rings. The lowest BCUT2D eigenvalue weighted by Gasteiger charge is -2.34. The highest BCUT2D eigenvalue weighted by Gasteiger charge is 2.36. The zero-order valence-corrected chi connectivity index (χ0v) is 13.0. The highest BCUT2D eigenvalue weighted by atomic mass is 16.5. The second kappa shape index (κ2) is 5.99. The zero-order valence-electron chi connectivity index (χ0n) is 13.0. The van der Waals surface area contributed by atoms with E-state index in [0.717, 1.165) is 57.0 Å². The van der Waals surface area contributed by atoms with Gasteiger partial charge < -0.3 is 9.30 Å². The van der Waals surface area contributed by atoms with Crippen LogP contribution in [0.3, 0.4) is 0 Å². The lowest BCUT2D eigenvalue weighted by Crippen LogP contribution is -2.44. The van der Waals surface area contributed by atoms with Crippen LogP contribution in [-0.4, -0.2) is 51.4 Å². The smallest absolute Gasteiger partial charge is 0.323 e. The standard InChI is InChI=1S/C16H24N4O2/c21-16-13(7-10-22-16)19-8-4-5-12(11-19)15-18-17-14-6-2-1-3-9-20(14)15/h12-13H,1-11H2/t12-,13+/m0/s1. The topological polar surface area (TPSA) is 60.2 Å². The van der Waals surface area contributed by atoms with Crippen molar-refractivity contribution in [1.29, 1.82) is 0 Å². The average molecular weight is 304 g/mol. The largest absolute Gasteiger partial charge is 0.464 e. The van der Waals surface area contributed by atoms with Gasteiger partial charge in [-0.05, 0) is 32.2 Å². The number of fused-ring (bicyclic) bond motifs is 1. The lowest BCUT2D eigenvalue weighted by molar-refractivity contribution is -0.142. The van der Waals surface area contributed by atoms with E-state index in [1.165, 1.54) is 19.3 Å². The van der Waals surface area contributed by atoms with E-state index < -0.39 is 0 Å². The molecule has 4 heterocycles. The van der Waals surface area contributed by atoms with E-state index in [9.17, 15) is 4.79 Å². The van der Waals surface area contributed by atoms with Crippen LogP contribution in [0.4, 0.5) is 0 Å². The van der Waals surface area contributed by atoms with Gasteiger partial charge in [0, 0.05) is 31.8 Å². The van der Waals surface area contributed by atoms with Crippen LogP contribution < -0.4 is 0 Å². The van der Waals surface area contributed by atoms with Gasteiger partial charge >= 0.3 is 5.97 Å². The van der Waals surface area contributed by atoms with E-state index in [-0.39, 0.29) is 12.0 Å². The molecule has 0 N–H and O–H groups in total. The molecular formula is C16H24N4O2. The minimum absolute atomic E-state index is 0.0330. The molecule has 0 radical (unpaired) electrons. The first-order valence-corrected chi connectivity index (χ1v) is 8.65. The summed E-state index contributed by atoms with van der Waals surface area (Å²) in [6.07, 6.45) is 7.90. The molecule has 2 atom stereocenters. The van der Waals surface area contributed by atoms with E-state index in [1.54, 1.807) is 0 Å². The Balaban J connectivity index is 1.53. The lowest BCUT2D eigenvalue weighted by atomic mass is 9.95. The first kappa shape index (κ1) is 14.2. The van der Waals surface area contributed by atoms with Gasteiger partial charge in [-0.1, -0.05) is 6.42 Å². The molecule has 1 aromatic heterocycles. The molecular weight excluding hydrogens is 280 g/mol. The van der Waals surface area contributed by atoms with Gasteiger partial charge in [-0.15, -0.1) is 10.2 Å². The molecule has 120 valence electrons. The second-order valence-corrected chi connectivity index (χ2v) is 6.74. The average Bonchev–Trinajstić information content (AvgIpc) is 3.07. The molecule has 0 saturated carbocycles. The minimum atomic E-state index is -0.0410. The van der Waals surface area contributed by atoms with Crippen LogP contribution >= 0.6 is 0 Å². The van der Waals surface area contributed by atoms with Crippen molar-refractivity contribution in [3.8, 4) is 0 Å². The van der Waals surface area contributed by atoms with E-state index in [1.807, 2.05) is 0 Å². The molecule has 6 nitrogen and oxygen atoms in total. The summed E-state index contributed by atoms with van der Waals surface area (Å²) in [7, 11) is 0. The summed E-state index contributed by atoms with van der Waals surface area (Å²) in [6.45, 7) is 3.54. The number of rotatable bonds is 2. The SMILES string of the molecule is O=C1OCC[C@H]1N1CCC[C@H](c2nnc3n2CCCCC3)C1. The number of piperidine rings is 1. The van der Waals surface area contributed by atoms with Gasteiger partial charge in [0.2, 0.25) is 0 Å². The summed E-state index contributed by atoms with van der Waals surface area (Å²) in [5.74, 6) is 2.67. The number of aromatic nitrogens is 3. The van der Waals surface area contributed by atoms with Crippen LogP contribution in [0.15, 0.2) is 0 Å². The maximum Gasteiger partial charge on any atom is 0.323 e. The molecule has 4 rings (SSSR count). The van der Waals surface area contributed by atoms with Crippen LogP contribution in [-0.2, 0) is 22.5 Å². The van der Waals surface area contributed by atoms with Crippen molar-refractivity contribution in [2.75, 3.05) is 19.7 Å². The molecule has 1 aromatic rings. The highest BCUT2D eigenvalue weighted by Crippen LogP contribution is 2.30. The molecule has 3 aliphatic heterocycles. The predicted octanol–water partition coefficient (Wildman–Crippen LogP) is 1.50. The zero-order chi connectivity index (χ0) is 14.9. The summed E-state index contributed by atoms with van der Waals surface area (Å²) >= 11 is 0. The molecule has 0 spiro atoms. The van der Waals surface area contributed by atoms with Gasteiger partial charge in [0.05, 0.1) is 6.61 Å². The maximum absolute atomic E-state index is 11.8. The Kier molecular flexibility index (Phi) is 3.86. The first-order valence-electron chi connectivity index (χ1n) is 8.65. The van der Waals surface area contributed by atoms with Crippen LogP contribution in [0.5, 0.6) is 0 Å².